The summed E-state index contributed by atoms with van der Waals surface area (Å²) in [7, 11) is 3.15. The van der Waals surface area contributed by atoms with Gasteiger partial charge in [0, 0.05) is 23.7 Å². The average Bonchev–Trinajstić information content (AvgIpc) is 3.07. The minimum absolute atomic E-state index is 0.0619. The molecule has 0 aromatic heterocycles. The number of methoxy groups -OCH3 is 2. The zero-order chi connectivity index (χ0) is 24.0. The largest absolute Gasteiger partial charge is 0.497 e. The Balaban J connectivity index is 1.39. The Kier molecular flexibility index (Phi) is 5.92. The topological polar surface area (TPSA) is 60.0 Å². The summed E-state index contributed by atoms with van der Waals surface area (Å²) in [6, 6.07) is 8.48. The first kappa shape index (κ1) is 23.0. The summed E-state index contributed by atoms with van der Waals surface area (Å²) in [5, 5.41) is 3.07. The standard InChI is InChI=1S/C27H33FN2O4/c1-27(2)14-17-11-21(19-6-5-18(32-3)12-23(19)33-4)22(28)13-20(17)25(27)29-26(31)34-24-15-30-9-7-16(24)8-10-30/h5-6,11-13,16,24-25H,7-10,14-15H2,1-4H3,(H,29,31)/t24-,25?/m0/s1. The van der Waals surface area contributed by atoms with E-state index < -0.39 is 6.09 Å². The van der Waals surface area contributed by atoms with Crippen molar-refractivity contribution in [3.63, 3.8) is 0 Å². The van der Waals surface area contributed by atoms with Crippen molar-refractivity contribution in [1.29, 1.82) is 0 Å². The summed E-state index contributed by atoms with van der Waals surface area (Å²) in [5.41, 5.74) is 2.70. The van der Waals surface area contributed by atoms with E-state index in [4.69, 9.17) is 14.2 Å². The Labute approximate surface area is 200 Å². The quantitative estimate of drug-likeness (QED) is 0.673. The Morgan fingerprint density at radius 1 is 1.09 bits per heavy atom. The second-order valence-corrected chi connectivity index (χ2v) is 10.4. The first-order valence-corrected chi connectivity index (χ1v) is 12.0. The van der Waals surface area contributed by atoms with E-state index in [0.717, 1.165) is 50.0 Å². The number of rotatable bonds is 5. The molecule has 3 heterocycles. The normalized spacial score (nSPS) is 26.6. The molecule has 0 radical (unpaired) electrons. The van der Waals surface area contributed by atoms with Crippen LogP contribution in [-0.2, 0) is 11.2 Å². The Bertz CT molecular complexity index is 1090. The maximum atomic E-state index is 15.4. The SMILES string of the molecule is COc1ccc(-c2cc3c(cc2F)C(NC(=O)O[C@H]2CN4CCC2CC4)C(C)(C)C3)c(OC)c1. The van der Waals surface area contributed by atoms with Crippen molar-refractivity contribution in [2.45, 2.75) is 45.3 Å². The summed E-state index contributed by atoms with van der Waals surface area (Å²) >= 11 is 0. The first-order valence-electron chi connectivity index (χ1n) is 12.0. The van der Waals surface area contributed by atoms with Gasteiger partial charge in [0.25, 0.3) is 0 Å². The number of benzene rings is 2. The Morgan fingerprint density at radius 2 is 1.85 bits per heavy atom. The monoisotopic (exact) mass is 468 g/mol. The summed E-state index contributed by atoms with van der Waals surface area (Å²) in [6.45, 7) is 7.19. The second kappa shape index (κ2) is 8.77. The van der Waals surface area contributed by atoms with Gasteiger partial charge in [-0.2, -0.15) is 0 Å². The van der Waals surface area contributed by atoms with Gasteiger partial charge in [-0.25, -0.2) is 9.18 Å². The van der Waals surface area contributed by atoms with E-state index in [9.17, 15) is 4.79 Å². The van der Waals surface area contributed by atoms with Gasteiger partial charge in [0.15, 0.2) is 0 Å². The summed E-state index contributed by atoms with van der Waals surface area (Å²) < 4.78 is 32.1. The minimum Gasteiger partial charge on any atom is -0.497 e. The number of amides is 1. The van der Waals surface area contributed by atoms with E-state index >= 15 is 4.39 Å². The van der Waals surface area contributed by atoms with Gasteiger partial charge < -0.3 is 19.5 Å². The lowest BCUT2D eigenvalue weighted by atomic mass is 9.85. The Morgan fingerprint density at radius 3 is 2.50 bits per heavy atom. The van der Waals surface area contributed by atoms with Gasteiger partial charge >= 0.3 is 6.09 Å². The molecule has 4 aliphatic rings. The molecule has 0 spiro atoms. The number of halogens is 1. The predicted molar refractivity (Wildman–Crippen MR) is 128 cm³/mol. The molecular formula is C27H33FN2O4. The van der Waals surface area contributed by atoms with E-state index in [-0.39, 0.29) is 23.4 Å². The average molecular weight is 469 g/mol. The fraction of sp³-hybridized carbons (Fsp3) is 0.519. The molecular weight excluding hydrogens is 435 g/mol. The first-order chi connectivity index (χ1) is 16.3. The van der Waals surface area contributed by atoms with Crippen molar-refractivity contribution in [3.05, 3.63) is 47.3 Å². The summed E-state index contributed by atoms with van der Waals surface area (Å²) in [6.07, 6.45) is 2.41. The number of carbonyl (C=O) groups is 1. The van der Waals surface area contributed by atoms with Gasteiger partial charge in [-0.3, -0.25) is 4.90 Å². The molecule has 0 saturated carbocycles. The van der Waals surface area contributed by atoms with Crippen LogP contribution < -0.4 is 14.8 Å². The van der Waals surface area contributed by atoms with Crippen LogP contribution in [0.2, 0.25) is 0 Å². The van der Waals surface area contributed by atoms with Gasteiger partial charge in [0.2, 0.25) is 0 Å². The van der Waals surface area contributed by atoms with Gasteiger partial charge in [-0.1, -0.05) is 13.8 Å². The number of carbonyl (C=O) groups excluding carboxylic acids is 1. The molecule has 6 rings (SSSR count). The van der Waals surface area contributed by atoms with Crippen LogP contribution >= 0.6 is 0 Å². The Hall–Kier alpha value is -2.80. The van der Waals surface area contributed by atoms with Gasteiger partial charge in [0.05, 0.1) is 20.3 Å². The molecule has 34 heavy (non-hydrogen) atoms. The number of nitrogens with one attached hydrogen (secondary N) is 1. The molecule has 7 heteroatoms. The maximum Gasteiger partial charge on any atom is 0.407 e. The molecule has 3 fully saturated rings. The number of piperidine rings is 3. The van der Waals surface area contributed by atoms with Gasteiger partial charge in [-0.05, 0) is 79.1 Å². The van der Waals surface area contributed by atoms with Gasteiger partial charge in [-0.15, -0.1) is 0 Å². The summed E-state index contributed by atoms with van der Waals surface area (Å²) in [5.74, 6) is 1.29. The number of nitrogens with zero attached hydrogens (tertiary/aromatic N) is 1. The van der Waals surface area contributed by atoms with Crippen LogP contribution in [0.15, 0.2) is 30.3 Å². The van der Waals surface area contributed by atoms with Crippen LogP contribution in [0.5, 0.6) is 11.5 Å². The van der Waals surface area contributed by atoms with E-state index in [0.29, 0.717) is 28.5 Å². The third kappa shape index (κ3) is 4.11. The molecule has 2 aromatic carbocycles. The van der Waals surface area contributed by atoms with Crippen molar-refractivity contribution in [2.75, 3.05) is 33.9 Å². The molecule has 182 valence electrons. The van der Waals surface area contributed by atoms with Gasteiger partial charge in [0.1, 0.15) is 23.4 Å². The number of hydrogen-bond donors (Lipinski definition) is 1. The molecule has 2 aromatic rings. The highest BCUT2D eigenvalue weighted by Gasteiger charge is 2.42. The van der Waals surface area contributed by atoms with Crippen LogP contribution in [0.1, 0.15) is 43.9 Å². The van der Waals surface area contributed by atoms with Crippen molar-refractivity contribution < 1.29 is 23.4 Å². The second-order valence-electron chi connectivity index (χ2n) is 10.4. The zero-order valence-corrected chi connectivity index (χ0v) is 20.3. The lowest BCUT2D eigenvalue weighted by Gasteiger charge is -2.44. The van der Waals surface area contributed by atoms with Crippen molar-refractivity contribution in [3.8, 4) is 22.6 Å². The van der Waals surface area contributed by atoms with Crippen LogP contribution in [0.25, 0.3) is 11.1 Å². The van der Waals surface area contributed by atoms with E-state index in [1.165, 1.54) is 0 Å². The highest BCUT2D eigenvalue weighted by atomic mass is 19.1. The molecule has 1 unspecified atom stereocenters. The van der Waals surface area contributed by atoms with E-state index in [1.54, 1.807) is 32.4 Å². The van der Waals surface area contributed by atoms with Crippen LogP contribution in [0.3, 0.4) is 0 Å². The van der Waals surface area contributed by atoms with Crippen molar-refractivity contribution in [2.24, 2.45) is 11.3 Å². The number of alkyl carbamates (subject to hydrolysis) is 1. The van der Waals surface area contributed by atoms with Crippen LogP contribution in [0.4, 0.5) is 9.18 Å². The number of ether oxygens (including phenoxy) is 3. The molecule has 3 saturated heterocycles. The van der Waals surface area contributed by atoms with Crippen LogP contribution in [0, 0.1) is 17.2 Å². The molecule has 2 bridgehead atoms. The smallest absolute Gasteiger partial charge is 0.407 e. The molecule has 1 aliphatic carbocycles. The maximum absolute atomic E-state index is 15.4. The highest BCUT2D eigenvalue weighted by Crippen LogP contribution is 2.48. The van der Waals surface area contributed by atoms with E-state index in [2.05, 4.69) is 24.1 Å². The number of hydrogen-bond acceptors (Lipinski definition) is 5. The molecule has 1 N–H and O–H groups in total. The molecule has 1 amide bonds. The lowest BCUT2D eigenvalue weighted by Crippen LogP contribution is -2.53. The summed E-state index contributed by atoms with van der Waals surface area (Å²) in [4.78, 5) is 15.2. The lowest BCUT2D eigenvalue weighted by molar-refractivity contribution is -0.0349. The molecule has 6 nitrogen and oxygen atoms in total. The predicted octanol–water partition coefficient (Wildman–Crippen LogP) is 4.95. The minimum atomic E-state index is -0.411. The highest BCUT2D eigenvalue weighted by molar-refractivity contribution is 5.74. The number of fused-ring (bicyclic) bond motifs is 4. The fourth-order valence-corrected chi connectivity index (χ4v) is 5.90. The van der Waals surface area contributed by atoms with Crippen molar-refractivity contribution in [1.82, 2.24) is 10.2 Å². The molecule has 2 atom stereocenters. The van der Waals surface area contributed by atoms with Crippen LogP contribution in [-0.4, -0.2) is 51.0 Å². The zero-order valence-electron chi connectivity index (χ0n) is 20.3. The fourth-order valence-electron chi connectivity index (χ4n) is 5.90. The third-order valence-corrected chi connectivity index (χ3v) is 7.78. The molecule has 3 aliphatic heterocycles. The van der Waals surface area contributed by atoms with Crippen molar-refractivity contribution >= 4 is 6.09 Å². The third-order valence-electron chi connectivity index (χ3n) is 7.78. The van der Waals surface area contributed by atoms with E-state index in [1.807, 2.05) is 12.1 Å².